The molecule has 0 fully saturated rings. The second kappa shape index (κ2) is 5.89. The molecule has 19 heavy (non-hydrogen) atoms. The molecule has 0 saturated carbocycles. The summed E-state index contributed by atoms with van der Waals surface area (Å²) in [6, 6.07) is 1.51. The first-order valence-corrected chi connectivity index (χ1v) is 5.86. The van der Waals surface area contributed by atoms with E-state index in [2.05, 4.69) is 20.6 Å². The molecule has 0 atom stereocenters. The summed E-state index contributed by atoms with van der Waals surface area (Å²) in [7, 11) is 0. The van der Waals surface area contributed by atoms with Crippen molar-refractivity contribution in [3.8, 4) is 0 Å². The number of rotatable bonds is 6. The molecule has 2 aromatic rings. The molecule has 0 aliphatic heterocycles. The minimum absolute atomic E-state index is 0.000700. The van der Waals surface area contributed by atoms with Crippen molar-refractivity contribution in [3.63, 3.8) is 0 Å². The number of hydrogen-bond acceptors (Lipinski definition) is 6. The van der Waals surface area contributed by atoms with Crippen LogP contribution in [0.5, 0.6) is 0 Å². The van der Waals surface area contributed by atoms with E-state index in [0.29, 0.717) is 18.9 Å². The number of nitrogens with one attached hydrogen (secondary N) is 1. The largest absolute Gasteiger partial charge is 0.364 e. The van der Waals surface area contributed by atoms with E-state index in [1.807, 2.05) is 0 Å². The first-order chi connectivity index (χ1) is 9.16. The van der Waals surface area contributed by atoms with Gasteiger partial charge in [-0.2, -0.15) is 0 Å². The fourth-order valence-corrected chi connectivity index (χ4v) is 1.63. The van der Waals surface area contributed by atoms with E-state index in [0.717, 1.165) is 12.0 Å². The van der Waals surface area contributed by atoms with Crippen LogP contribution in [0.25, 0.3) is 0 Å². The van der Waals surface area contributed by atoms with E-state index in [4.69, 9.17) is 0 Å². The van der Waals surface area contributed by atoms with E-state index in [1.54, 1.807) is 30.2 Å². The van der Waals surface area contributed by atoms with Crippen molar-refractivity contribution in [2.75, 3.05) is 11.9 Å². The average molecular weight is 262 g/mol. The summed E-state index contributed by atoms with van der Waals surface area (Å²) in [5, 5.41) is 21.4. The molecule has 0 radical (unpaired) electrons. The number of aromatic nitrogens is 4. The fraction of sp³-hybridized carbons (Fsp3) is 0.364. The third-order valence-corrected chi connectivity index (χ3v) is 2.53. The maximum atomic E-state index is 10.9. The maximum Gasteiger partial charge on any atom is 0.311 e. The van der Waals surface area contributed by atoms with Crippen molar-refractivity contribution in [3.05, 3.63) is 40.3 Å². The predicted molar refractivity (Wildman–Crippen MR) is 68.8 cm³/mol. The van der Waals surface area contributed by atoms with Crippen molar-refractivity contribution in [2.24, 2.45) is 0 Å². The van der Waals surface area contributed by atoms with Gasteiger partial charge in [0.05, 0.1) is 11.1 Å². The van der Waals surface area contributed by atoms with Crippen LogP contribution >= 0.6 is 0 Å². The summed E-state index contributed by atoms with van der Waals surface area (Å²) in [6.07, 6.45) is 5.76. The Labute approximate surface area is 109 Å². The van der Waals surface area contributed by atoms with Gasteiger partial charge < -0.3 is 5.32 Å². The van der Waals surface area contributed by atoms with Crippen LogP contribution in [0.1, 0.15) is 12.0 Å². The van der Waals surface area contributed by atoms with Gasteiger partial charge >= 0.3 is 5.69 Å². The van der Waals surface area contributed by atoms with Crippen LogP contribution in [-0.4, -0.2) is 31.4 Å². The first kappa shape index (κ1) is 12.9. The average Bonchev–Trinajstić information content (AvgIpc) is 2.89. The zero-order chi connectivity index (χ0) is 13.7. The lowest BCUT2D eigenvalue weighted by molar-refractivity contribution is -0.384. The van der Waals surface area contributed by atoms with Crippen molar-refractivity contribution in [1.29, 1.82) is 0 Å². The molecule has 0 spiro atoms. The Hall–Kier alpha value is -2.51. The molecule has 0 unspecified atom stereocenters. The summed E-state index contributed by atoms with van der Waals surface area (Å²) in [5.74, 6) is 0.300. The molecule has 0 amide bonds. The molecule has 100 valence electrons. The van der Waals surface area contributed by atoms with E-state index >= 15 is 0 Å². The van der Waals surface area contributed by atoms with Crippen LogP contribution in [0.4, 0.5) is 11.5 Å². The Kier molecular flexibility index (Phi) is 4.01. The van der Waals surface area contributed by atoms with Crippen molar-refractivity contribution < 1.29 is 4.92 Å². The van der Waals surface area contributed by atoms with Crippen molar-refractivity contribution in [1.82, 2.24) is 20.0 Å². The van der Waals surface area contributed by atoms with Crippen molar-refractivity contribution >= 4 is 11.5 Å². The number of nitrogens with zero attached hydrogens (tertiary/aromatic N) is 5. The van der Waals surface area contributed by atoms with E-state index in [1.165, 1.54) is 6.07 Å². The zero-order valence-corrected chi connectivity index (χ0v) is 10.5. The van der Waals surface area contributed by atoms with Crippen LogP contribution in [0, 0.1) is 17.0 Å². The minimum Gasteiger partial charge on any atom is -0.364 e. The molecule has 2 heterocycles. The van der Waals surface area contributed by atoms with Crippen molar-refractivity contribution in [2.45, 2.75) is 19.9 Å². The quantitative estimate of drug-likeness (QED) is 0.480. The Balaban J connectivity index is 1.90. The summed E-state index contributed by atoms with van der Waals surface area (Å²) < 4.78 is 1.71. The fourth-order valence-electron chi connectivity index (χ4n) is 1.63. The highest BCUT2D eigenvalue weighted by Crippen LogP contribution is 2.22. The molecule has 8 nitrogen and oxygen atoms in total. The molecule has 0 aliphatic carbocycles. The van der Waals surface area contributed by atoms with Crippen LogP contribution < -0.4 is 5.32 Å². The molecular weight excluding hydrogens is 248 g/mol. The van der Waals surface area contributed by atoms with Crippen LogP contribution in [-0.2, 0) is 6.54 Å². The second-order valence-corrected chi connectivity index (χ2v) is 4.08. The smallest absolute Gasteiger partial charge is 0.311 e. The monoisotopic (exact) mass is 262 g/mol. The van der Waals surface area contributed by atoms with Gasteiger partial charge in [-0.15, -0.1) is 5.10 Å². The molecule has 8 heteroatoms. The highest BCUT2D eigenvalue weighted by molar-refractivity contribution is 5.56. The van der Waals surface area contributed by atoms with E-state index in [9.17, 15) is 10.1 Å². The summed E-state index contributed by atoms with van der Waals surface area (Å²) in [6.45, 7) is 3.05. The standard InChI is InChI=1S/C11H14N6O2/c1-9-7-10(17(18)19)11(13-8-9)12-3-2-5-16-6-4-14-15-16/h4,6-8H,2-3,5H2,1H3,(H,12,13). The predicted octanol–water partition coefficient (Wildman–Crippen LogP) is 1.39. The Morgan fingerprint density at radius 1 is 1.53 bits per heavy atom. The summed E-state index contributed by atoms with van der Waals surface area (Å²) >= 11 is 0. The van der Waals surface area contributed by atoms with Gasteiger partial charge in [0.1, 0.15) is 0 Å². The SMILES string of the molecule is Cc1cnc(NCCCn2ccnn2)c([N+](=O)[O-])c1. The number of nitro groups is 1. The normalized spacial score (nSPS) is 10.4. The lowest BCUT2D eigenvalue weighted by Crippen LogP contribution is -2.09. The Morgan fingerprint density at radius 2 is 2.37 bits per heavy atom. The number of hydrogen-bond donors (Lipinski definition) is 1. The summed E-state index contributed by atoms with van der Waals surface area (Å²) in [5.41, 5.74) is 0.764. The van der Waals surface area contributed by atoms with Gasteiger partial charge in [-0.05, 0) is 18.9 Å². The van der Waals surface area contributed by atoms with Gasteiger partial charge in [-0.1, -0.05) is 5.21 Å². The summed E-state index contributed by atoms with van der Waals surface area (Å²) in [4.78, 5) is 14.5. The molecule has 2 aromatic heterocycles. The molecular formula is C11H14N6O2. The second-order valence-electron chi connectivity index (χ2n) is 4.08. The highest BCUT2D eigenvalue weighted by Gasteiger charge is 2.14. The maximum absolute atomic E-state index is 10.9. The van der Waals surface area contributed by atoms with Gasteiger partial charge in [0.2, 0.25) is 5.82 Å². The van der Waals surface area contributed by atoms with Gasteiger partial charge in [0.25, 0.3) is 0 Å². The molecule has 0 aliphatic rings. The van der Waals surface area contributed by atoms with Gasteiger partial charge in [0, 0.05) is 31.5 Å². The van der Waals surface area contributed by atoms with Gasteiger partial charge in [0.15, 0.2) is 0 Å². The molecule has 2 rings (SSSR count). The number of pyridine rings is 1. The zero-order valence-electron chi connectivity index (χ0n) is 10.5. The third-order valence-electron chi connectivity index (χ3n) is 2.53. The molecule has 1 N–H and O–H groups in total. The minimum atomic E-state index is -0.431. The molecule has 0 bridgehead atoms. The number of anilines is 1. The Bertz CT molecular complexity index is 554. The van der Waals surface area contributed by atoms with Crippen LogP contribution in [0.15, 0.2) is 24.7 Å². The molecule has 0 saturated heterocycles. The first-order valence-electron chi connectivity index (χ1n) is 5.86. The van der Waals surface area contributed by atoms with E-state index < -0.39 is 4.92 Å². The van der Waals surface area contributed by atoms with Gasteiger partial charge in [-0.25, -0.2) is 4.98 Å². The lowest BCUT2D eigenvalue weighted by atomic mass is 10.3. The number of aryl methyl sites for hydroxylation is 2. The highest BCUT2D eigenvalue weighted by atomic mass is 16.6. The van der Waals surface area contributed by atoms with Crippen LogP contribution in [0.2, 0.25) is 0 Å². The lowest BCUT2D eigenvalue weighted by Gasteiger charge is -2.06. The van der Waals surface area contributed by atoms with Crippen LogP contribution in [0.3, 0.4) is 0 Å². The molecule has 0 aromatic carbocycles. The van der Waals surface area contributed by atoms with Gasteiger partial charge in [-0.3, -0.25) is 14.8 Å². The third kappa shape index (κ3) is 3.47. The Morgan fingerprint density at radius 3 is 3.05 bits per heavy atom. The van der Waals surface area contributed by atoms with E-state index in [-0.39, 0.29) is 5.69 Å². The topological polar surface area (TPSA) is 98.8 Å².